The normalized spacial score (nSPS) is 16.4. The summed E-state index contributed by atoms with van der Waals surface area (Å²) in [6, 6.07) is 6.37. The van der Waals surface area contributed by atoms with Gasteiger partial charge in [0.1, 0.15) is 0 Å². The van der Waals surface area contributed by atoms with Crippen molar-refractivity contribution in [3.63, 3.8) is 0 Å². The predicted molar refractivity (Wildman–Crippen MR) is 105 cm³/mol. The van der Waals surface area contributed by atoms with Crippen molar-refractivity contribution in [2.24, 2.45) is 5.41 Å². The van der Waals surface area contributed by atoms with Gasteiger partial charge in [-0.2, -0.15) is 0 Å². The number of carbonyl (C=O) groups excluding carboxylic acids is 1. The summed E-state index contributed by atoms with van der Waals surface area (Å²) in [6.45, 7) is 13.6. The van der Waals surface area contributed by atoms with Gasteiger partial charge in [-0.3, -0.25) is 9.69 Å². The van der Waals surface area contributed by atoms with Gasteiger partial charge in [0.15, 0.2) is 5.13 Å². The summed E-state index contributed by atoms with van der Waals surface area (Å²) in [6.07, 6.45) is 0. The van der Waals surface area contributed by atoms with Crippen LogP contribution in [0.4, 0.5) is 5.13 Å². The van der Waals surface area contributed by atoms with Crippen LogP contribution in [0.15, 0.2) is 18.2 Å². The molecule has 0 radical (unpaired) electrons. The molecular formula is C19H28N4OS. The number of rotatable bonds is 4. The minimum Gasteiger partial charge on any atom is -0.354 e. The van der Waals surface area contributed by atoms with Crippen LogP contribution in [0, 0.1) is 12.3 Å². The van der Waals surface area contributed by atoms with E-state index in [0.717, 1.165) is 49.9 Å². The molecule has 0 spiro atoms. The number of aromatic nitrogens is 1. The van der Waals surface area contributed by atoms with Crippen LogP contribution >= 0.6 is 11.3 Å². The standard InChI is InChI=1S/C19H28N4OS/c1-14-6-5-7-15-16(14)21-18(25-15)23-12-10-22(11-13-23)9-8-20-17(24)19(2,3)4/h5-7H,8-13H2,1-4H3,(H,20,24). The van der Waals surface area contributed by atoms with E-state index in [1.54, 1.807) is 11.3 Å². The number of nitrogens with one attached hydrogen (secondary N) is 1. The maximum Gasteiger partial charge on any atom is 0.225 e. The van der Waals surface area contributed by atoms with Crippen molar-refractivity contribution in [2.45, 2.75) is 27.7 Å². The quantitative estimate of drug-likeness (QED) is 0.911. The summed E-state index contributed by atoms with van der Waals surface area (Å²) in [4.78, 5) is 21.6. The molecule has 1 saturated heterocycles. The number of para-hydroxylation sites is 1. The number of nitrogens with zero attached hydrogens (tertiary/aromatic N) is 3. The highest BCUT2D eigenvalue weighted by molar-refractivity contribution is 7.22. The first-order chi connectivity index (χ1) is 11.8. The Morgan fingerprint density at radius 3 is 2.60 bits per heavy atom. The zero-order valence-electron chi connectivity index (χ0n) is 15.6. The molecule has 1 fully saturated rings. The number of hydrogen-bond acceptors (Lipinski definition) is 5. The molecule has 2 aromatic rings. The Morgan fingerprint density at radius 1 is 1.24 bits per heavy atom. The maximum absolute atomic E-state index is 11.9. The number of thiazole rings is 1. The van der Waals surface area contributed by atoms with Gasteiger partial charge in [-0.15, -0.1) is 0 Å². The van der Waals surface area contributed by atoms with E-state index in [9.17, 15) is 4.79 Å². The molecule has 1 aromatic carbocycles. The number of piperazine rings is 1. The zero-order chi connectivity index (χ0) is 18.0. The zero-order valence-corrected chi connectivity index (χ0v) is 16.4. The van der Waals surface area contributed by atoms with Gasteiger partial charge in [0.2, 0.25) is 5.91 Å². The third-order valence-corrected chi connectivity index (χ3v) is 5.73. The maximum atomic E-state index is 11.9. The first kappa shape index (κ1) is 18.1. The summed E-state index contributed by atoms with van der Waals surface area (Å²) in [7, 11) is 0. The molecule has 0 aliphatic carbocycles. The van der Waals surface area contributed by atoms with Crippen molar-refractivity contribution in [1.82, 2.24) is 15.2 Å². The van der Waals surface area contributed by atoms with Crippen LogP contribution in [-0.4, -0.2) is 55.1 Å². The van der Waals surface area contributed by atoms with E-state index in [1.807, 2.05) is 20.8 Å². The van der Waals surface area contributed by atoms with Crippen LogP contribution in [0.2, 0.25) is 0 Å². The van der Waals surface area contributed by atoms with E-state index < -0.39 is 0 Å². The topological polar surface area (TPSA) is 48.5 Å². The van der Waals surface area contributed by atoms with Gasteiger partial charge in [-0.25, -0.2) is 4.98 Å². The number of fused-ring (bicyclic) bond motifs is 1. The Kier molecular flexibility index (Phi) is 5.29. The molecule has 0 unspecified atom stereocenters. The molecule has 1 N–H and O–H groups in total. The second kappa shape index (κ2) is 7.30. The Hall–Kier alpha value is -1.66. The lowest BCUT2D eigenvalue weighted by Crippen LogP contribution is -2.49. The highest BCUT2D eigenvalue weighted by Gasteiger charge is 2.22. The smallest absolute Gasteiger partial charge is 0.225 e. The third kappa shape index (κ3) is 4.30. The van der Waals surface area contributed by atoms with Gasteiger partial charge < -0.3 is 10.2 Å². The van der Waals surface area contributed by atoms with Gasteiger partial charge in [0.25, 0.3) is 0 Å². The summed E-state index contributed by atoms with van der Waals surface area (Å²) in [5, 5.41) is 4.16. The van der Waals surface area contributed by atoms with Crippen LogP contribution < -0.4 is 10.2 Å². The number of anilines is 1. The molecule has 5 nitrogen and oxygen atoms in total. The summed E-state index contributed by atoms with van der Waals surface area (Å²) < 4.78 is 1.27. The molecule has 1 aliphatic heterocycles. The van der Waals surface area contributed by atoms with Crippen molar-refractivity contribution in [2.75, 3.05) is 44.2 Å². The average molecular weight is 361 g/mol. The van der Waals surface area contributed by atoms with E-state index >= 15 is 0 Å². The van der Waals surface area contributed by atoms with Crippen LogP contribution in [0.3, 0.4) is 0 Å². The largest absolute Gasteiger partial charge is 0.354 e. The minimum absolute atomic E-state index is 0.121. The molecule has 1 aromatic heterocycles. The third-order valence-electron chi connectivity index (χ3n) is 4.65. The molecule has 136 valence electrons. The molecule has 1 amide bonds. The first-order valence-electron chi connectivity index (χ1n) is 8.96. The highest BCUT2D eigenvalue weighted by atomic mass is 32.1. The van der Waals surface area contributed by atoms with E-state index in [4.69, 9.17) is 4.98 Å². The van der Waals surface area contributed by atoms with E-state index in [0.29, 0.717) is 0 Å². The number of amides is 1. The molecule has 0 saturated carbocycles. The summed E-state index contributed by atoms with van der Waals surface area (Å²) in [5.74, 6) is 0.121. The summed E-state index contributed by atoms with van der Waals surface area (Å²) >= 11 is 1.78. The lowest BCUT2D eigenvalue weighted by molar-refractivity contribution is -0.128. The van der Waals surface area contributed by atoms with Gasteiger partial charge in [0, 0.05) is 44.7 Å². The number of benzene rings is 1. The molecule has 2 heterocycles. The van der Waals surface area contributed by atoms with E-state index in [2.05, 4.69) is 40.2 Å². The minimum atomic E-state index is -0.316. The monoisotopic (exact) mass is 360 g/mol. The lowest BCUT2D eigenvalue weighted by Gasteiger charge is -2.34. The number of carbonyl (C=O) groups is 1. The number of hydrogen-bond donors (Lipinski definition) is 1. The summed E-state index contributed by atoms with van der Waals surface area (Å²) in [5.41, 5.74) is 2.06. The lowest BCUT2D eigenvalue weighted by atomic mass is 9.96. The van der Waals surface area contributed by atoms with Gasteiger partial charge in [-0.1, -0.05) is 44.2 Å². The average Bonchev–Trinajstić information content (AvgIpc) is 3.00. The molecule has 1 aliphatic rings. The van der Waals surface area contributed by atoms with Crippen molar-refractivity contribution < 1.29 is 4.79 Å². The Morgan fingerprint density at radius 2 is 1.96 bits per heavy atom. The molecule has 25 heavy (non-hydrogen) atoms. The molecule has 3 rings (SSSR count). The molecular weight excluding hydrogens is 332 g/mol. The predicted octanol–water partition coefficient (Wildman–Crippen LogP) is 2.89. The molecule has 6 heteroatoms. The molecule has 0 atom stereocenters. The van der Waals surface area contributed by atoms with Crippen molar-refractivity contribution in [3.8, 4) is 0 Å². The molecule has 0 bridgehead atoms. The fourth-order valence-electron chi connectivity index (χ4n) is 2.97. The SMILES string of the molecule is Cc1cccc2sc(N3CCN(CCNC(=O)C(C)(C)C)CC3)nc12. The number of aryl methyl sites for hydroxylation is 1. The van der Waals surface area contributed by atoms with Crippen LogP contribution in [0.1, 0.15) is 26.3 Å². The van der Waals surface area contributed by atoms with Crippen LogP contribution in [0.5, 0.6) is 0 Å². The second-order valence-corrected chi connectivity index (χ2v) is 8.76. The van der Waals surface area contributed by atoms with Gasteiger partial charge >= 0.3 is 0 Å². The van der Waals surface area contributed by atoms with E-state index in [-0.39, 0.29) is 11.3 Å². The van der Waals surface area contributed by atoms with Crippen molar-refractivity contribution in [1.29, 1.82) is 0 Å². The van der Waals surface area contributed by atoms with Gasteiger partial charge in [-0.05, 0) is 18.6 Å². The van der Waals surface area contributed by atoms with Crippen LogP contribution in [0.25, 0.3) is 10.2 Å². The van der Waals surface area contributed by atoms with Crippen molar-refractivity contribution in [3.05, 3.63) is 23.8 Å². The Labute approximate surface area is 154 Å². The fraction of sp³-hybridized carbons (Fsp3) is 0.579. The fourth-order valence-corrected chi connectivity index (χ4v) is 4.06. The van der Waals surface area contributed by atoms with E-state index in [1.165, 1.54) is 10.3 Å². The van der Waals surface area contributed by atoms with Crippen LogP contribution in [-0.2, 0) is 4.79 Å². The van der Waals surface area contributed by atoms with Crippen molar-refractivity contribution >= 4 is 32.6 Å². The first-order valence-corrected chi connectivity index (χ1v) is 9.78. The second-order valence-electron chi connectivity index (χ2n) is 7.75. The Balaban J connectivity index is 1.50. The highest BCUT2D eigenvalue weighted by Crippen LogP contribution is 2.30. The Bertz CT molecular complexity index is 741. The van der Waals surface area contributed by atoms with Gasteiger partial charge in [0.05, 0.1) is 10.2 Å².